The Hall–Kier alpha value is -6.85. The van der Waals surface area contributed by atoms with E-state index in [1.807, 2.05) is 112 Å². The number of nitrogens with zero attached hydrogens (tertiary/aromatic N) is 9. The van der Waals surface area contributed by atoms with Crippen molar-refractivity contribution in [3.8, 4) is 0 Å². The van der Waals surface area contributed by atoms with Crippen molar-refractivity contribution in [3.05, 3.63) is 171 Å². The standard InChI is InChI=1S/C24H24ClN3O2.C23H26ClN3O2.C22H26ClN3O2/c25-21-5-6-22-20(13-21)16-30-12-11-28(22)24(29)17-7-9-27(10-8-17)23-14-18-3-1-2-4-19(18)15-26-23;24-20-4-5-21-19(12-20)15-29-11-10-27(21)23(28)16-6-8-26(9-7-16)22-13-17-2-1-3-18(17)14-25-22;1-16-6-9-24-21(12-16)25-10-7-18(8-11-25)22(27)26(13-17-14-28-15-17)20-4-2-19(23)3-5-20/h1-6,13-15,17H,7-12,16H2;4-5,12-14,16H,1-3,6-11,15H2;2-6,9,12,17-18H,7-8,10-11,13-15H2,1H3. The average Bonchev–Trinajstić information content (AvgIpc) is 2.93. The molecule has 9 heterocycles. The third-order valence-electron chi connectivity index (χ3n) is 18.2. The molecule has 0 saturated carbocycles. The van der Waals surface area contributed by atoms with Crippen LogP contribution in [0.25, 0.3) is 10.8 Å². The summed E-state index contributed by atoms with van der Waals surface area (Å²) in [5, 5.41) is 4.37. The zero-order valence-corrected chi connectivity index (χ0v) is 51.8. The van der Waals surface area contributed by atoms with Gasteiger partial charge in [0.05, 0.1) is 39.6 Å². The summed E-state index contributed by atoms with van der Waals surface area (Å²) in [6, 6.07) is 35.8. The van der Waals surface area contributed by atoms with E-state index in [1.54, 1.807) is 0 Å². The summed E-state index contributed by atoms with van der Waals surface area (Å²) in [7, 11) is 0. The Kier molecular flexibility index (Phi) is 19.5. The van der Waals surface area contributed by atoms with Crippen molar-refractivity contribution in [3.63, 3.8) is 0 Å². The third-order valence-corrected chi connectivity index (χ3v) is 18.9. The summed E-state index contributed by atoms with van der Waals surface area (Å²) < 4.78 is 16.7. The predicted molar refractivity (Wildman–Crippen MR) is 347 cm³/mol. The first kappa shape index (κ1) is 60.4. The highest BCUT2D eigenvalue weighted by molar-refractivity contribution is 6.31. The predicted octanol–water partition coefficient (Wildman–Crippen LogP) is 12.6. The molecule has 15 nitrogen and oxygen atoms in total. The number of aromatic nitrogens is 3. The highest BCUT2D eigenvalue weighted by atomic mass is 35.5. The molecule has 454 valence electrons. The maximum atomic E-state index is 13.4. The first-order chi connectivity index (χ1) is 42.5. The Morgan fingerprint density at radius 2 is 1.03 bits per heavy atom. The molecular formula is C69H76Cl3N9O6. The van der Waals surface area contributed by atoms with E-state index >= 15 is 0 Å². The Morgan fingerprint density at radius 1 is 0.517 bits per heavy atom. The van der Waals surface area contributed by atoms with Crippen LogP contribution in [0.1, 0.15) is 72.8 Å². The summed E-state index contributed by atoms with van der Waals surface area (Å²) >= 11 is 18.3. The molecular weight excluding hydrogens is 1160 g/mol. The fourth-order valence-corrected chi connectivity index (χ4v) is 13.6. The van der Waals surface area contributed by atoms with E-state index in [2.05, 4.69) is 66.9 Å². The third kappa shape index (κ3) is 14.5. The smallest absolute Gasteiger partial charge is 0.230 e. The van der Waals surface area contributed by atoms with Gasteiger partial charge in [-0.25, -0.2) is 15.0 Å². The van der Waals surface area contributed by atoms with Crippen molar-refractivity contribution in [1.29, 1.82) is 0 Å². The molecule has 14 rings (SSSR count). The number of hydrogen-bond donors (Lipinski definition) is 0. The minimum Gasteiger partial charge on any atom is -0.381 e. The molecule has 7 aromatic rings. The van der Waals surface area contributed by atoms with Crippen molar-refractivity contribution >= 4 is 97.8 Å². The number of anilines is 6. The fourth-order valence-electron chi connectivity index (χ4n) is 13.1. The quantitative estimate of drug-likeness (QED) is 0.136. The molecule has 0 N–H and O–H groups in total. The number of amides is 3. The maximum Gasteiger partial charge on any atom is 0.230 e. The molecule has 7 aliphatic rings. The Morgan fingerprint density at radius 3 is 1.60 bits per heavy atom. The second kappa shape index (κ2) is 28.1. The van der Waals surface area contributed by atoms with Gasteiger partial charge in [0.1, 0.15) is 17.5 Å². The normalized spacial score (nSPS) is 18.4. The van der Waals surface area contributed by atoms with Gasteiger partial charge in [0, 0.05) is 150 Å². The molecule has 18 heteroatoms. The summed E-state index contributed by atoms with van der Waals surface area (Å²) in [6.07, 6.45) is 14.5. The van der Waals surface area contributed by atoms with Gasteiger partial charge < -0.3 is 43.6 Å². The monoisotopic (exact) mass is 1230 g/mol. The highest BCUT2D eigenvalue weighted by Crippen LogP contribution is 2.35. The van der Waals surface area contributed by atoms with E-state index in [0.717, 1.165) is 148 Å². The van der Waals surface area contributed by atoms with E-state index in [4.69, 9.17) is 49.0 Å². The molecule has 0 atom stereocenters. The molecule has 0 radical (unpaired) electrons. The van der Waals surface area contributed by atoms with Crippen LogP contribution in [0, 0.1) is 30.6 Å². The van der Waals surface area contributed by atoms with Gasteiger partial charge in [-0.15, -0.1) is 0 Å². The number of benzene rings is 4. The lowest BCUT2D eigenvalue weighted by molar-refractivity contribution is -0.124. The summed E-state index contributed by atoms with van der Waals surface area (Å²) in [6.45, 7) is 12.6. The zero-order chi connectivity index (χ0) is 59.8. The van der Waals surface area contributed by atoms with Crippen LogP contribution >= 0.6 is 34.8 Å². The number of halogens is 3. The number of carbonyl (C=O) groups excluding carboxylic acids is 3. The van der Waals surface area contributed by atoms with Crippen molar-refractivity contribution in [2.45, 2.75) is 77.9 Å². The summed E-state index contributed by atoms with van der Waals surface area (Å²) in [5.41, 5.74) is 8.83. The summed E-state index contributed by atoms with van der Waals surface area (Å²) in [4.78, 5) is 66.6. The Bertz CT molecular complexity index is 3550. The maximum absolute atomic E-state index is 13.4. The van der Waals surface area contributed by atoms with Gasteiger partial charge >= 0.3 is 0 Å². The van der Waals surface area contributed by atoms with Crippen LogP contribution in [-0.4, -0.2) is 118 Å². The number of rotatable bonds is 9. The fraction of sp³-hybridized carbons (Fsp3) is 0.420. The van der Waals surface area contributed by atoms with Gasteiger partial charge in [0.25, 0.3) is 0 Å². The Labute approximate surface area is 525 Å². The van der Waals surface area contributed by atoms with Crippen LogP contribution < -0.4 is 29.4 Å². The molecule has 4 fully saturated rings. The minimum atomic E-state index is 0.0170. The van der Waals surface area contributed by atoms with Crippen molar-refractivity contribution in [1.82, 2.24) is 15.0 Å². The van der Waals surface area contributed by atoms with E-state index in [-0.39, 0.29) is 35.5 Å². The van der Waals surface area contributed by atoms with Gasteiger partial charge in [0.15, 0.2) is 0 Å². The lowest BCUT2D eigenvalue weighted by atomic mass is 9.94. The number of carbonyl (C=O) groups is 3. The average molecular weight is 1230 g/mol. The molecule has 6 aliphatic heterocycles. The molecule has 87 heavy (non-hydrogen) atoms. The molecule has 4 saturated heterocycles. The van der Waals surface area contributed by atoms with Crippen molar-refractivity contribution in [2.75, 3.05) is 115 Å². The number of pyridine rings is 3. The van der Waals surface area contributed by atoms with Gasteiger partial charge in [-0.05, 0) is 172 Å². The molecule has 3 aromatic heterocycles. The first-order valence-corrected chi connectivity index (χ1v) is 32.1. The van der Waals surface area contributed by atoms with Gasteiger partial charge in [0.2, 0.25) is 17.7 Å². The molecule has 0 spiro atoms. The highest BCUT2D eigenvalue weighted by Gasteiger charge is 2.35. The molecule has 0 unspecified atom stereocenters. The van der Waals surface area contributed by atoms with Crippen molar-refractivity contribution in [2.24, 2.45) is 23.7 Å². The van der Waals surface area contributed by atoms with E-state index in [9.17, 15) is 14.4 Å². The number of fused-ring (bicyclic) bond motifs is 4. The second-order valence-corrected chi connectivity index (χ2v) is 25.3. The van der Waals surface area contributed by atoms with Crippen LogP contribution in [0.2, 0.25) is 15.1 Å². The lowest BCUT2D eigenvalue weighted by Gasteiger charge is -2.37. The van der Waals surface area contributed by atoms with E-state index in [1.165, 1.54) is 34.9 Å². The van der Waals surface area contributed by atoms with Crippen LogP contribution in [0.5, 0.6) is 0 Å². The molecule has 3 amide bonds. The van der Waals surface area contributed by atoms with E-state index < -0.39 is 0 Å². The van der Waals surface area contributed by atoms with Gasteiger partial charge in [-0.2, -0.15) is 0 Å². The lowest BCUT2D eigenvalue weighted by Crippen LogP contribution is -2.47. The Balaban J connectivity index is 0.000000127. The van der Waals surface area contributed by atoms with Crippen molar-refractivity contribution < 1.29 is 28.6 Å². The minimum absolute atomic E-state index is 0.0170. The molecule has 0 bridgehead atoms. The van der Waals surface area contributed by atoms with Gasteiger partial charge in [-0.3, -0.25) is 14.4 Å². The van der Waals surface area contributed by atoms with Crippen LogP contribution in [0.4, 0.5) is 34.5 Å². The largest absolute Gasteiger partial charge is 0.381 e. The second-order valence-electron chi connectivity index (χ2n) is 24.0. The number of piperidine rings is 3. The van der Waals surface area contributed by atoms with Crippen LogP contribution in [-0.2, 0) is 54.6 Å². The summed E-state index contributed by atoms with van der Waals surface area (Å²) in [5.74, 6) is 4.19. The molecule has 4 aromatic carbocycles. The van der Waals surface area contributed by atoms with E-state index in [0.29, 0.717) is 67.0 Å². The van der Waals surface area contributed by atoms with Crippen LogP contribution in [0.15, 0.2) is 128 Å². The topological polar surface area (TPSA) is 137 Å². The van der Waals surface area contributed by atoms with Crippen LogP contribution in [0.3, 0.4) is 0 Å². The number of aryl methyl sites for hydroxylation is 3. The zero-order valence-electron chi connectivity index (χ0n) is 49.5. The number of hydrogen-bond acceptors (Lipinski definition) is 12. The first-order valence-electron chi connectivity index (χ1n) is 31.0. The SMILES string of the molecule is Cc1ccnc(N2CCC(C(=O)N(CC3COC3)c3ccc(Cl)cc3)CC2)c1.O=C(C1CCN(c2cc3c(cn2)CCC3)CC1)N1CCOCc2cc(Cl)ccc21.O=C(C1CCN(c2cc3ccccc3cn2)CC1)N1CCOCc2cc(Cl)ccc21. The molecule has 1 aliphatic carbocycles. The number of ether oxygens (including phenoxy) is 3. The van der Waals surface area contributed by atoms with Gasteiger partial charge in [-0.1, -0.05) is 59.1 Å².